The number of halogens is 1. The molecule has 1 saturated heterocycles. The maximum Gasteiger partial charge on any atom is 0.350 e. The highest BCUT2D eigenvalue weighted by molar-refractivity contribution is 5.35. The first-order valence-electron chi connectivity index (χ1n) is 8.58. The van der Waals surface area contributed by atoms with Crippen molar-refractivity contribution in [3.8, 4) is 0 Å². The maximum atomic E-state index is 13.5. The first kappa shape index (κ1) is 16.0. The Balaban J connectivity index is 1.46. The van der Waals surface area contributed by atoms with E-state index in [1.165, 1.54) is 10.7 Å². The molecule has 1 atom stereocenters. The predicted molar refractivity (Wildman–Crippen MR) is 94.3 cm³/mol. The van der Waals surface area contributed by atoms with E-state index in [1.807, 2.05) is 24.3 Å². The zero-order valence-corrected chi connectivity index (χ0v) is 14.2. The van der Waals surface area contributed by atoms with Crippen LogP contribution in [0.2, 0.25) is 0 Å². The van der Waals surface area contributed by atoms with E-state index in [0.717, 1.165) is 31.6 Å². The number of likely N-dealkylation sites (tertiary alicyclic amines) is 1. The molecule has 4 rings (SSSR count). The Hall–Kier alpha value is -2.47. The molecule has 3 aromatic rings. The molecule has 0 bridgehead atoms. The Bertz CT molecular complexity index is 963. The summed E-state index contributed by atoms with van der Waals surface area (Å²) in [6.45, 7) is 5.29. The molecule has 1 aromatic carbocycles. The van der Waals surface area contributed by atoms with Crippen molar-refractivity contribution in [2.24, 2.45) is 0 Å². The Morgan fingerprint density at radius 1 is 1.20 bits per heavy atom. The third-order valence-electron chi connectivity index (χ3n) is 5.19. The Morgan fingerprint density at radius 2 is 2.08 bits per heavy atom. The van der Waals surface area contributed by atoms with Gasteiger partial charge in [-0.3, -0.25) is 4.40 Å². The molecule has 0 amide bonds. The summed E-state index contributed by atoms with van der Waals surface area (Å²) in [5.41, 5.74) is 1.55. The molecule has 6 heteroatoms. The second-order valence-corrected chi connectivity index (χ2v) is 7.03. The van der Waals surface area contributed by atoms with Gasteiger partial charge in [0.15, 0.2) is 5.65 Å². The summed E-state index contributed by atoms with van der Waals surface area (Å²) >= 11 is 0. The van der Waals surface area contributed by atoms with Crippen LogP contribution in [0.15, 0.2) is 53.5 Å². The molecule has 0 saturated carbocycles. The van der Waals surface area contributed by atoms with Crippen molar-refractivity contribution < 1.29 is 4.39 Å². The molecule has 1 aliphatic rings. The normalized spacial score (nSPS) is 21.2. The van der Waals surface area contributed by atoms with E-state index < -0.39 is 0 Å². The van der Waals surface area contributed by atoms with E-state index in [2.05, 4.69) is 16.9 Å². The summed E-state index contributed by atoms with van der Waals surface area (Å²) in [4.78, 5) is 14.6. The standard InChI is InChI=1S/C19H21FN4O/c1-19(15-5-4-6-16(20)13-15)8-10-22(14-19)11-12-24-18(25)23-9-3-2-7-17(23)21-24/h2-7,9,13H,8,10-12,14H2,1H3. The topological polar surface area (TPSA) is 42.5 Å². The van der Waals surface area contributed by atoms with Crippen molar-refractivity contribution in [2.45, 2.75) is 25.3 Å². The van der Waals surface area contributed by atoms with E-state index in [0.29, 0.717) is 12.2 Å². The largest absolute Gasteiger partial charge is 0.350 e. The Morgan fingerprint density at radius 3 is 2.88 bits per heavy atom. The van der Waals surface area contributed by atoms with Crippen LogP contribution in [0.1, 0.15) is 18.9 Å². The molecule has 25 heavy (non-hydrogen) atoms. The zero-order valence-electron chi connectivity index (χ0n) is 14.2. The first-order chi connectivity index (χ1) is 12.0. The van der Waals surface area contributed by atoms with Crippen LogP contribution in [0.5, 0.6) is 0 Å². The molecule has 0 spiro atoms. The SMILES string of the molecule is CC1(c2cccc(F)c2)CCN(CCn2nc3ccccn3c2=O)C1. The van der Waals surface area contributed by atoms with Crippen LogP contribution in [0, 0.1) is 5.82 Å². The number of rotatable bonds is 4. The molecule has 0 N–H and O–H groups in total. The first-order valence-corrected chi connectivity index (χ1v) is 8.58. The molecule has 1 aliphatic heterocycles. The van der Waals surface area contributed by atoms with E-state index in [4.69, 9.17) is 0 Å². The highest BCUT2D eigenvalue weighted by Gasteiger charge is 2.35. The number of hydrogen-bond acceptors (Lipinski definition) is 3. The number of fused-ring (bicyclic) bond motifs is 1. The van der Waals surface area contributed by atoms with Crippen molar-refractivity contribution in [1.82, 2.24) is 19.1 Å². The number of pyridine rings is 1. The highest BCUT2D eigenvalue weighted by atomic mass is 19.1. The van der Waals surface area contributed by atoms with Crippen LogP contribution < -0.4 is 5.69 Å². The second-order valence-electron chi connectivity index (χ2n) is 7.03. The second kappa shape index (κ2) is 6.11. The van der Waals surface area contributed by atoms with Gasteiger partial charge in [0.25, 0.3) is 0 Å². The van der Waals surface area contributed by atoms with Gasteiger partial charge in [0.1, 0.15) is 5.82 Å². The van der Waals surface area contributed by atoms with Gasteiger partial charge in [-0.15, -0.1) is 5.10 Å². The third-order valence-corrected chi connectivity index (χ3v) is 5.19. The van der Waals surface area contributed by atoms with Gasteiger partial charge in [-0.25, -0.2) is 13.9 Å². The Kier molecular flexibility index (Phi) is 3.92. The van der Waals surface area contributed by atoms with Gasteiger partial charge in [-0.2, -0.15) is 0 Å². The average Bonchev–Trinajstić information content (AvgIpc) is 3.15. The highest BCUT2D eigenvalue weighted by Crippen LogP contribution is 2.34. The predicted octanol–water partition coefficient (Wildman–Crippen LogP) is 2.30. The van der Waals surface area contributed by atoms with E-state index in [-0.39, 0.29) is 16.9 Å². The Labute approximate surface area is 145 Å². The van der Waals surface area contributed by atoms with Gasteiger partial charge in [0.2, 0.25) is 0 Å². The van der Waals surface area contributed by atoms with Crippen molar-refractivity contribution in [3.05, 3.63) is 70.5 Å². The summed E-state index contributed by atoms with van der Waals surface area (Å²) in [5.74, 6) is -0.187. The van der Waals surface area contributed by atoms with Crippen LogP contribution in [0.3, 0.4) is 0 Å². The number of hydrogen-bond donors (Lipinski definition) is 0. The molecule has 0 radical (unpaired) electrons. The van der Waals surface area contributed by atoms with Crippen molar-refractivity contribution in [3.63, 3.8) is 0 Å². The van der Waals surface area contributed by atoms with Crippen molar-refractivity contribution in [2.75, 3.05) is 19.6 Å². The van der Waals surface area contributed by atoms with E-state index in [9.17, 15) is 9.18 Å². The summed E-state index contributed by atoms with van der Waals surface area (Å²) in [6, 6.07) is 12.4. The number of benzene rings is 1. The minimum atomic E-state index is -0.187. The lowest BCUT2D eigenvalue weighted by Gasteiger charge is -2.25. The summed E-state index contributed by atoms with van der Waals surface area (Å²) < 4.78 is 16.6. The molecule has 1 fully saturated rings. The van der Waals surface area contributed by atoms with Gasteiger partial charge < -0.3 is 4.90 Å². The minimum absolute atomic E-state index is 0.0496. The quantitative estimate of drug-likeness (QED) is 0.732. The fourth-order valence-corrected chi connectivity index (χ4v) is 3.70. The molecular formula is C19H21FN4O. The fourth-order valence-electron chi connectivity index (χ4n) is 3.70. The zero-order chi connectivity index (χ0) is 17.4. The third kappa shape index (κ3) is 2.98. The number of aromatic nitrogens is 3. The van der Waals surface area contributed by atoms with Crippen LogP contribution in [0.4, 0.5) is 4.39 Å². The van der Waals surface area contributed by atoms with E-state index in [1.54, 1.807) is 22.7 Å². The van der Waals surface area contributed by atoms with Crippen LogP contribution in [-0.2, 0) is 12.0 Å². The fraction of sp³-hybridized carbons (Fsp3) is 0.368. The molecule has 1 unspecified atom stereocenters. The van der Waals surface area contributed by atoms with Gasteiger partial charge in [-0.1, -0.05) is 25.1 Å². The monoisotopic (exact) mass is 340 g/mol. The lowest BCUT2D eigenvalue weighted by atomic mass is 9.82. The van der Waals surface area contributed by atoms with Crippen LogP contribution in [0.25, 0.3) is 5.65 Å². The van der Waals surface area contributed by atoms with E-state index >= 15 is 0 Å². The summed E-state index contributed by atoms with van der Waals surface area (Å²) in [5, 5.41) is 4.37. The molecule has 3 heterocycles. The molecule has 130 valence electrons. The van der Waals surface area contributed by atoms with Crippen LogP contribution >= 0.6 is 0 Å². The van der Waals surface area contributed by atoms with Crippen molar-refractivity contribution >= 4 is 5.65 Å². The molecular weight excluding hydrogens is 319 g/mol. The average molecular weight is 340 g/mol. The summed E-state index contributed by atoms with van der Waals surface area (Å²) in [7, 11) is 0. The lowest BCUT2D eigenvalue weighted by molar-refractivity contribution is 0.295. The molecule has 5 nitrogen and oxygen atoms in total. The van der Waals surface area contributed by atoms with Gasteiger partial charge >= 0.3 is 5.69 Å². The van der Waals surface area contributed by atoms with Crippen molar-refractivity contribution in [1.29, 1.82) is 0 Å². The molecule has 0 aliphatic carbocycles. The minimum Gasteiger partial charge on any atom is -0.301 e. The maximum absolute atomic E-state index is 13.5. The van der Waals surface area contributed by atoms with Crippen LogP contribution in [-0.4, -0.2) is 38.7 Å². The number of nitrogens with zero attached hydrogens (tertiary/aromatic N) is 4. The smallest absolute Gasteiger partial charge is 0.301 e. The van der Waals surface area contributed by atoms with Gasteiger partial charge in [0.05, 0.1) is 6.54 Å². The van der Waals surface area contributed by atoms with Gasteiger partial charge in [0, 0.05) is 24.7 Å². The molecule has 2 aromatic heterocycles. The van der Waals surface area contributed by atoms with Gasteiger partial charge in [-0.05, 0) is 42.8 Å². The lowest BCUT2D eigenvalue weighted by Crippen LogP contribution is -2.32. The summed E-state index contributed by atoms with van der Waals surface area (Å²) in [6.07, 6.45) is 2.72.